The summed E-state index contributed by atoms with van der Waals surface area (Å²) in [6, 6.07) is 9.89. The lowest BCUT2D eigenvalue weighted by molar-refractivity contribution is -0.113. The van der Waals surface area contributed by atoms with Crippen LogP contribution in [0.4, 0.5) is 0 Å². The van der Waals surface area contributed by atoms with Gasteiger partial charge < -0.3 is 5.32 Å². The van der Waals surface area contributed by atoms with Crippen LogP contribution in [0.5, 0.6) is 0 Å². The van der Waals surface area contributed by atoms with E-state index >= 15 is 0 Å². The maximum atomic E-state index is 12.2. The van der Waals surface area contributed by atoms with Gasteiger partial charge in [0.05, 0.1) is 0 Å². The fraction of sp³-hybridized carbons (Fsp3) is 0.588. The second-order valence-corrected chi connectivity index (χ2v) is 6.90. The Morgan fingerprint density at radius 2 is 1.89 bits per heavy atom. The largest absolute Gasteiger partial charge is 0.349 e. The van der Waals surface area contributed by atoms with Crippen LogP contribution in [-0.2, 0) is 0 Å². The predicted molar refractivity (Wildman–Crippen MR) is 76.9 cm³/mol. The fourth-order valence-corrected chi connectivity index (χ4v) is 4.18. The van der Waals surface area contributed by atoms with Crippen molar-refractivity contribution in [2.24, 2.45) is 23.2 Å². The van der Waals surface area contributed by atoms with E-state index in [1.54, 1.807) is 0 Å². The van der Waals surface area contributed by atoms with Crippen molar-refractivity contribution in [3.8, 4) is 0 Å². The Balaban J connectivity index is 1.68. The van der Waals surface area contributed by atoms with Gasteiger partial charge in [0.15, 0.2) is 0 Å². The Morgan fingerprint density at radius 3 is 2.47 bits per heavy atom. The van der Waals surface area contributed by atoms with E-state index in [-0.39, 0.29) is 5.91 Å². The summed E-state index contributed by atoms with van der Waals surface area (Å²) in [6.07, 6.45) is 2.50. The van der Waals surface area contributed by atoms with Crippen molar-refractivity contribution in [2.75, 3.05) is 0 Å². The van der Waals surface area contributed by atoms with Crippen LogP contribution in [0.2, 0.25) is 0 Å². The highest BCUT2D eigenvalue weighted by Crippen LogP contribution is 2.61. The number of benzene rings is 1. The van der Waals surface area contributed by atoms with Gasteiger partial charge in [0.1, 0.15) is 0 Å². The minimum absolute atomic E-state index is 0.0801. The molecule has 102 valence electrons. The van der Waals surface area contributed by atoms with Gasteiger partial charge in [0.2, 0.25) is 0 Å². The van der Waals surface area contributed by atoms with Gasteiger partial charge in [0, 0.05) is 11.6 Å². The number of fused-ring (bicyclic) bond motifs is 2. The highest BCUT2D eigenvalue weighted by molar-refractivity contribution is 5.94. The van der Waals surface area contributed by atoms with Crippen LogP contribution in [0.25, 0.3) is 0 Å². The summed E-state index contributed by atoms with van der Waals surface area (Å²) in [6.45, 7) is 7.08. The number of carbonyl (C=O) groups excluding carboxylic acids is 1. The molecular formula is C17H23NO. The molecule has 2 heteroatoms. The summed E-state index contributed by atoms with van der Waals surface area (Å²) >= 11 is 0. The lowest BCUT2D eigenvalue weighted by Crippen LogP contribution is -2.60. The molecular weight excluding hydrogens is 234 g/mol. The Kier molecular flexibility index (Phi) is 2.92. The smallest absolute Gasteiger partial charge is 0.251 e. The molecule has 3 aliphatic carbocycles. The van der Waals surface area contributed by atoms with Crippen LogP contribution in [0.3, 0.4) is 0 Å². The Hall–Kier alpha value is -1.31. The molecule has 2 bridgehead atoms. The lowest BCUT2D eigenvalue weighted by Gasteiger charge is -2.62. The monoisotopic (exact) mass is 257 g/mol. The molecule has 19 heavy (non-hydrogen) atoms. The molecule has 0 heterocycles. The lowest BCUT2D eigenvalue weighted by atomic mass is 9.45. The molecule has 3 saturated carbocycles. The molecule has 0 saturated heterocycles. The average Bonchev–Trinajstić information content (AvgIpc) is 2.41. The van der Waals surface area contributed by atoms with Crippen molar-refractivity contribution >= 4 is 5.91 Å². The number of amides is 1. The highest BCUT2D eigenvalue weighted by atomic mass is 16.1. The quantitative estimate of drug-likeness (QED) is 0.863. The second-order valence-electron chi connectivity index (χ2n) is 6.90. The SMILES string of the molecule is C[C@@H]1[C@H]2C[C@@H](C[C@H]1NC(=O)c1ccccc1)C2(C)C. The van der Waals surface area contributed by atoms with Gasteiger partial charge in [-0.1, -0.05) is 39.0 Å². The Bertz CT molecular complexity index is 479. The van der Waals surface area contributed by atoms with E-state index in [0.29, 0.717) is 17.4 Å². The van der Waals surface area contributed by atoms with E-state index < -0.39 is 0 Å². The maximum Gasteiger partial charge on any atom is 0.251 e. The van der Waals surface area contributed by atoms with Crippen LogP contribution in [0.15, 0.2) is 30.3 Å². The molecule has 0 unspecified atom stereocenters. The average molecular weight is 257 g/mol. The van der Waals surface area contributed by atoms with E-state index in [9.17, 15) is 4.79 Å². The minimum Gasteiger partial charge on any atom is -0.349 e. The molecule has 1 amide bonds. The first-order valence-electron chi connectivity index (χ1n) is 7.36. The van der Waals surface area contributed by atoms with Gasteiger partial charge in [-0.2, -0.15) is 0 Å². The molecule has 3 fully saturated rings. The van der Waals surface area contributed by atoms with E-state index in [4.69, 9.17) is 0 Å². The van der Waals surface area contributed by atoms with Crippen molar-refractivity contribution in [1.29, 1.82) is 0 Å². The molecule has 4 rings (SSSR count). The zero-order chi connectivity index (χ0) is 13.6. The normalized spacial score (nSPS) is 35.3. The first-order chi connectivity index (χ1) is 9.00. The van der Waals surface area contributed by atoms with Gasteiger partial charge in [-0.25, -0.2) is 0 Å². The third-order valence-electron chi connectivity index (χ3n) is 5.71. The number of carbonyl (C=O) groups is 1. The summed E-state index contributed by atoms with van der Waals surface area (Å²) in [4.78, 5) is 12.2. The second kappa shape index (κ2) is 4.36. The predicted octanol–water partition coefficient (Wildman–Crippen LogP) is 3.49. The first-order valence-corrected chi connectivity index (χ1v) is 7.36. The summed E-state index contributed by atoms with van der Waals surface area (Å²) in [7, 11) is 0. The van der Waals surface area contributed by atoms with Crippen molar-refractivity contribution in [3.05, 3.63) is 35.9 Å². The first kappa shape index (κ1) is 12.7. The van der Waals surface area contributed by atoms with Crippen LogP contribution >= 0.6 is 0 Å². The number of nitrogens with one attached hydrogen (secondary N) is 1. The van der Waals surface area contributed by atoms with E-state index in [2.05, 4.69) is 26.1 Å². The van der Waals surface area contributed by atoms with E-state index in [1.165, 1.54) is 6.42 Å². The molecule has 0 aliphatic heterocycles. The van der Waals surface area contributed by atoms with Crippen LogP contribution in [0.1, 0.15) is 44.0 Å². The molecule has 4 atom stereocenters. The van der Waals surface area contributed by atoms with Gasteiger partial charge in [0.25, 0.3) is 5.91 Å². The molecule has 3 aliphatic rings. The van der Waals surface area contributed by atoms with E-state index in [1.807, 2.05) is 30.3 Å². The summed E-state index contributed by atoms with van der Waals surface area (Å²) in [5.41, 5.74) is 1.25. The standard InChI is InChI=1S/C17H23NO/c1-11-14-9-13(17(14,2)3)10-15(11)18-16(19)12-7-5-4-6-8-12/h4-8,11,13-15H,9-10H2,1-3H3,(H,18,19)/t11-,13+,14-,15-/m1/s1. The van der Waals surface area contributed by atoms with Gasteiger partial charge in [-0.3, -0.25) is 4.79 Å². The van der Waals surface area contributed by atoms with Crippen LogP contribution in [-0.4, -0.2) is 11.9 Å². The molecule has 2 nitrogen and oxygen atoms in total. The molecule has 1 N–H and O–H groups in total. The zero-order valence-corrected chi connectivity index (χ0v) is 12.0. The van der Waals surface area contributed by atoms with Gasteiger partial charge in [-0.15, -0.1) is 0 Å². The zero-order valence-electron chi connectivity index (χ0n) is 12.0. The third kappa shape index (κ3) is 1.98. The molecule has 0 radical (unpaired) electrons. The number of hydrogen-bond donors (Lipinski definition) is 1. The summed E-state index contributed by atoms with van der Waals surface area (Å²) < 4.78 is 0. The van der Waals surface area contributed by atoms with Crippen LogP contribution < -0.4 is 5.32 Å². The minimum atomic E-state index is 0.0801. The van der Waals surface area contributed by atoms with Crippen molar-refractivity contribution in [1.82, 2.24) is 5.32 Å². The van der Waals surface area contributed by atoms with Crippen molar-refractivity contribution in [3.63, 3.8) is 0 Å². The maximum absolute atomic E-state index is 12.2. The fourth-order valence-electron chi connectivity index (χ4n) is 4.18. The van der Waals surface area contributed by atoms with Crippen LogP contribution in [0, 0.1) is 23.2 Å². The van der Waals surface area contributed by atoms with Crippen molar-refractivity contribution < 1.29 is 4.79 Å². The van der Waals surface area contributed by atoms with Gasteiger partial charge in [-0.05, 0) is 48.1 Å². The molecule has 1 aromatic rings. The van der Waals surface area contributed by atoms with E-state index in [0.717, 1.165) is 23.8 Å². The molecule has 0 aromatic heterocycles. The Morgan fingerprint density at radius 1 is 1.21 bits per heavy atom. The summed E-state index contributed by atoms with van der Waals surface area (Å²) in [5, 5.41) is 3.24. The summed E-state index contributed by atoms with van der Waals surface area (Å²) in [5.74, 6) is 2.23. The highest BCUT2D eigenvalue weighted by Gasteiger charge is 2.56. The van der Waals surface area contributed by atoms with Gasteiger partial charge >= 0.3 is 0 Å². The Labute approximate surface area is 115 Å². The number of rotatable bonds is 2. The van der Waals surface area contributed by atoms with Crippen molar-refractivity contribution in [2.45, 2.75) is 39.7 Å². The number of hydrogen-bond acceptors (Lipinski definition) is 1. The third-order valence-corrected chi connectivity index (χ3v) is 5.71. The topological polar surface area (TPSA) is 29.1 Å². The molecule has 0 spiro atoms. The molecule has 1 aromatic carbocycles.